The molecule has 1 unspecified atom stereocenters. The lowest BCUT2D eigenvalue weighted by Crippen LogP contribution is -2.51. The van der Waals surface area contributed by atoms with Crippen LogP contribution < -0.4 is 5.32 Å². The van der Waals surface area contributed by atoms with Crippen LogP contribution in [0.1, 0.15) is 13.3 Å². The quantitative estimate of drug-likeness (QED) is 0.665. The summed E-state index contributed by atoms with van der Waals surface area (Å²) in [7, 11) is 1.47. The van der Waals surface area contributed by atoms with Gasteiger partial charge in [-0.25, -0.2) is 0 Å². The molecule has 0 aromatic carbocycles. The van der Waals surface area contributed by atoms with Crippen LogP contribution in [0, 0.1) is 0 Å². The first-order valence-electron chi connectivity index (χ1n) is 4.44. The van der Waals surface area contributed by atoms with E-state index < -0.39 is 11.5 Å². The number of hydrogen-bond donors (Lipinski definition) is 2. The number of carboxylic acid groups (broad SMARTS) is 1. The fourth-order valence-corrected chi connectivity index (χ4v) is 1.62. The Kier molecular flexibility index (Phi) is 6.35. The highest BCUT2D eigenvalue weighted by molar-refractivity contribution is 7.99. The van der Waals surface area contributed by atoms with Crippen molar-refractivity contribution in [2.24, 2.45) is 0 Å². The standard InChI is InChI=1S/C9H17NO4S/c1-9(6-14-2,4-8(12)13)10-7(11)5-15-3/h4-6H2,1-3H3,(H,10,11)(H,12,13). The molecule has 15 heavy (non-hydrogen) atoms. The molecule has 0 aromatic rings. The van der Waals surface area contributed by atoms with Gasteiger partial charge in [0.1, 0.15) is 0 Å². The zero-order chi connectivity index (χ0) is 11.9. The second-order valence-electron chi connectivity index (χ2n) is 3.55. The monoisotopic (exact) mass is 235 g/mol. The Labute approximate surface area is 93.6 Å². The lowest BCUT2D eigenvalue weighted by atomic mass is 9.99. The van der Waals surface area contributed by atoms with Crippen LogP contribution in [0.3, 0.4) is 0 Å². The number of hydrogen-bond acceptors (Lipinski definition) is 4. The van der Waals surface area contributed by atoms with Gasteiger partial charge in [-0.2, -0.15) is 11.8 Å². The van der Waals surface area contributed by atoms with Gasteiger partial charge >= 0.3 is 5.97 Å². The molecule has 0 bridgehead atoms. The lowest BCUT2D eigenvalue weighted by Gasteiger charge is -2.28. The molecular weight excluding hydrogens is 218 g/mol. The van der Waals surface area contributed by atoms with Gasteiger partial charge in [0.2, 0.25) is 5.91 Å². The largest absolute Gasteiger partial charge is 0.481 e. The molecule has 88 valence electrons. The maximum atomic E-state index is 11.3. The van der Waals surface area contributed by atoms with E-state index in [-0.39, 0.29) is 18.9 Å². The Bertz CT molecular complexity index is 234. The van der Waals surface area contributed by atoms with E-state index in [1.807, 2.05) is 6.26 Å². The summed E-state index contributed by atoms with van der Waals surface area (Å²) in [6.07, 6.45) is 1.66. The summed E-state index contributed by atoms with van der Waals surface area (Å²) in [4.78, 5) is 22.0. The summed E-state index contributed by atoms with van der Waals surface area (Å²) in [6, 6.07) is 0. The van der Waals surface area contributed by atoms with Crippen molar-refractivity contribution in [3.63, 3.8) is 0 Å². The van der Waals surface area contributed by atoms with Crippen molar-refractivity contribution in [1.29, 1.82) is 0 Å². The smallest absolute Gasteiger partial charge is 0.305 e. The molecule has 0 spiro atoms. The minimum Gasteiger partial charge on any atom is -0.481 e. The molecule has 1 amide bonds. The van der Waals surface area contributed by atoms with Gasteiger partial charge in [-0.1, -0.05) is 0 Å². The number of methoxy groups -OCH3 is 1. The first-order chi connectivity index (χ1) is 6.93. The molecule has 0 rings (SSSR count). The molecule has 0 aliphatic rings. The van der Waals surface area contributed by atoms with Gasteiger partial charge < -0.3 is 15.2 Å². The van der Waals surface area contributed by atoms with Crippen LogP contribution in [0.2, 0.25) is 0 Å². The molecule has 0 radical (unpaired) electrons. The normalized spacial score (nSPS) is 14.3. The van der Waals surface area contributed by atoms with E-state index >= 15 is 0 Å². The second-order valence-corrected chi connectivity index (χ2v) is 4.41. The molecule has 0 heterocycles. The summed E-state index contributed by atoms with van der Waals surface area (Å²) in [6.45, 7) is 1.84. The Hall–Kier alpha value is -0.750. The van der Waals surface area contributed by atoms with E-state index in [4.69, 9.17) is 9.84 Å². The van der Waals surface area contributed by atoms with Crippen LogP contribution in [0.4, 0.5) is 0 Å². The number of carbonyl (C=O) groups excluding carboxylic acids is 1. The van der Waals surface area contributed by atoms with Crippen LogP contribution in [-0.4, -0.2) is 48.2 Å². The molecule has 0 aliphatic heterocycles. The van der Waals surface area contributed by atoms with E-state index in [2.05, 4.69) is 5.32 Å². The fourth-order valence-electron chi connectivity index (χ4n) is 1.29. The first-order valence-corrected chi connectivity index (χ1v) is 5.83. The highest BCUT2D eigenvalue weighted by atomic mass is 32.2. The van der Waals surface area contributed by atoms with Gasteiger partial charge in [-0.15, -0.1) is 0 Å². The summed E-state index contributed by atoms with van der Waals surface area (Å²) in [5.74, 6) is -0.818. The Morgan fingerprint density at radius 1 is 1.53 bits per heavy atom. The summed E-state index contributed by atoms with van der Waals surface area (Å²) >= 11 is 1.39. The number of thioether (sulfide) groups is 1. The fraction of sp³-hybridized carbons (Fsp3) is 0.778. The van der Waals surface area contributed by atoms with Crippen molar-refractivity contribution in [2.75, 3.05) is 25.7 Å². The van der Waals surface area contributed by atoms with Gasteiger partial charge in [0.05, 0.1) is 24.3 Å². The zero-order valence-corrected chi connectivity index (χ0v) is 10.0. The van der Waals surface area contributed by atoms with E-state index in [0.29, 0.717) is 5.75 Å². The molecule has 0 aliphatic carbocycles. The van der Waals surface area contributed by atoms with Crippen molar-refractivity contribution in [2.45, 2.75) is 18.9 Å². The van der Waals surface area contributed by atoms with Crippen LogP contribution in [0.25, 0.3) is 0 Å². The number of nitrogens with one attached hydrogen (secondary N) is 1. The summed E-state index contributed by atoms with van der Waals surface area (Å²) in [5.41, 5.74) is -0.840. The third-order valence-electron chi connectivity index (χ3n) is 1.72. The molecular formula is C9H17NO4S. The molecule has 1 atom stereocenters. The van der Waals surface area contributed by atoms with Gasteiger partial charge in [-0.3, -0.25) is 9.59 Å². The zero-order valence-electron chi connectivity index (χ0n) is 9.20. The van der Waals surface area contributed by atoms with Gasteiger partial charge in [0.15, 0.2) is 0 Å². The average Bonchev–Trinajstić information content (AvgIpc) is 2.01. The molecule has 2 N–H and O–H groups in total. The molecule has 0 fully saturated rings. The maximum absolute atomic E-state index is 11.3. The number of ether oxygens (including phenoxy) is 1. The van der Waals surface area contributed by atoms with E-state index in [1.54, 1.807) is 6.92 Å². The van der Waals surface area contributed by atoms with E-state index in [0.717, 1.165) is 0 Å². The SMILES string of the molecule is COCC(C)(CC(=O)O)NC(=O)CSC. The molecule has 5 nitrogen and oxygen atoms in total. The molecule has 0 saturated heterocycles. The number of amides is 1. The van der Waals surface area contributed by atoms with Crippen LogP contribution in [-0.2, 0) is 14.3 Å². The van der Waals surface area contributed by atoms with Crippen molar-refractivity contribution in [3.8, 4) is 0 Å². The minimum atomic E-state index is -0.959. The average molecular weight is 235 g/mol. The van der Waals surface area contributed by atoms with E-state index in [9.17, 15) is 9.59 Å². The topological polar surface area (TPSA) is 75.6 Å². The first kappa shape index (κ1) is 14.2. The molecule has 0 saturated carbocycles. The highest BCUT2D eigenvalue weighted by Gasteiger charge is 2.29. The van der Waals surface area contributed by atoms with Crippen LogP contribution in [0.15, 0.2) is 0 Å². The maximum Gasteiger partial charge on any atom is 0.305 e. The van der Waals surface area contributed by atoms with Crippen LogP contribution in [0.5, 0.6) is 0 Å². The number of rotatable bonds is 7. The Morgan fingerprint density at radius 2 is 2.13 bits per heavy atom. The van der Waals surface area contributed by atoms with Crippen molar-refractivity contribution in [3.05, 3.63) is 0 Å². The molecule has 0 aromatic heterocycles. The van der Waals surface area contributed by atoms with Crippen molar-refractivity contribution in [1.82, 2.24) is 5.32 Å². The second kappa shape index (κ2) is 6.68. The van der Waals surface area contributed by atoms with Gasteiger partial charge in [-0.05, 0) is 13.2 Å². The number of carbonyl (C=O) groups is 2. The van der Waals surface area contributed by atoms with Crippen molar-refractivity contribution >= 4 is 23.6 Å². The predicted octanol–water partition coefficient (Wildman–Crippen LogP) is 0.345. The minimum absolute atomic E-state index is 0.152. The predicted molar refractivity (Wildman–Crippen MR) is 59.1 cm³/mol. The third-order valence-corrected chi connectivity index (χ3v) is 2.27. The Balaban J connectivity index is 4.35. The van der Waals surface area contributed by atoms with Crippen LogP contribution >= 0.6 is 11.8 Å². The number of carboxylic acids is 1. The van der Waals surface area contributed by atoms with E-state index in [1.165, 1.54) is 18.9 Å². The summed E-state index contributed by atoms with van der Waals surface area (Å²) in [5, 5.41) is 11.4. The van der Waals surface area contributed by atoms with Gasteiger partial charge in [0.25, 0.3) is 0 Å². The van der Waals surface area contributed by atoms with Crippen molar-refractivity contribution < 1.29 is 19.4 Å². The highest BCUT2D eigenvalue weighted by Crippen LogP contribution is 2.10. The number of aliphatic carboxylic acids is 1. The Morgan fingerprint density at radius 3 is 2.53 bits per heavy atom. The third kappa shape index (κ3) is 6.35. The van der Waals surface area contributed by atoms with Gasteiger partial charge in [0, 0.05) is 7.11 Å². The molecule has 6 heteroatoms. The summed E-state index contributed by atoms with van der Waals surface area (Å²) < 4.78 is 4.90. The lowest BCUT2D eigenvalue weighted by molar-refractivity contribution is -0.139.